The first-order valence-electron chi connectivity index (χ1n) is 7.15. The molecule has 1 unspecified atom stereocenters. The van der Waals surface area contributed by atoms with Gasteiger partial charge < -0.3 is 5.32 Å². The van der Waals surface area contributed by atoms with E-state index in [4.69, 9.17) is 0 Å². The molecular weight excluding hydrogens is 258 g/mol. The van der Waals surface area contributed by atoms with Gasteiger partial charge in [0, 0.05) is 18.0 Å². The van der Waals surface area contributed by atoms with Crippen molar-refractivity contribution >= 4 is 11.0 Å². The molecule has 1 heterocycles. The smallest absolute Gasteiger partial charge is 0.0937 e. The van der Waals surface area contributed by atoms with Crippen LogP contribution in [0.25, 0.3) is 11.0 Å². The van der Waals surface area contributed by atoms with Crippen LogP contribution in [0.15, 0.2) is 48.8 Å². The Labute approximate surface area is 125 Å². The average Bonchev–Trinajstić information content (AvgIpc) is 2.52. The number of benzene rings is 2. The molecular formula is C18H19N3. The molecule has 1 atom stereocenters. The number of fused-ring (bicyclic) bond motifs is 1. The van der Waals surface area contributed by atoms with E-state index in [1.165, 1.54) is 16.7 Å². The topological polar surface area (TPSA) is 37.8 Å². The summed E-state index contributed by atoms with van der Waals surface area (Å²) >= 11 is 0. The van der Waals surface area contributed by atoms with E-state index in [2.05, 4.69) is 53.4 Å². The van der Waals surface area contributed by atoms with Crippen LogP contribution < -0.4 is 5.32 Å². The number of hydrogen-bond donors (Lipinski definition) is 1. The van der Waals surface area contributed by atoms with Crippen LogP contribution in [0.5, 0.6) is 0 Å². The minimum absolute atomic E-state index is 0.116. The number of aromatic nitrogens is 2. The summed E-state index contributed by atoms with van der Waals surface area (Å²) in [4.78, 5) is 8.93. The van der Waals surface area contributed by atoms with Crippen LogP contribution in [0.2, 0.25) is 0 Å². The number of aryl methyl sites for hydroxylation is 1. The second-order valence-electron chi connectivity index (χ2n) is 5.28. The largest absolute Gasteiger partial charge is 0.309 e. The van der Waals surface area contributed by atoms with Gasteiger partial charge in [-0.15, -0.1) is 0 Å². The van der Waals surface area contributed by atoms with E-state index >= 15 is 0 Å². The summed E-state index contributed by atoms with van der Waals surface area (Å²) in [6.07, 6.45) is 3.49. The van der Waals surface area contributed by atoms with Crippen LogP contribution >= 0.6 is 0 Å². The van der Waals surface area contributed by atoms with Crippen molar-refractivity contribution in [2.24, 2.45) is 0 Å². The van der Waals surface area contributed by atoms with Crippen molar-refractivity contribution in [3.8, 4) is 0 Å². The van der Waals surface area contributed by atoms with Crippen molar-refractivity contribution in [1.82, 2.24) is 15.3 Å². The molecule has 106 valence electrons. The Kier molecular flexibility index (Phi) is 3.67. The third-order valence-electron chi connectivity index (χ3n) is 4.09. The van der Waals surface area contributed by atoms with Crippen molar-refractivity contribution in [2.45, 2.75) is 19.9 Å². The highest BCUT2D eigenvalue weighted by atomic mass is 14.9. The zero-order chi connectivity index (χ0) is 14.8. The summed E-state index contributed by atoms with van der Waals surface area (Å²) in [6.45, 7) is 4.32. The Hall–Kier alpha value is -2.26. The lowest BCUT2D eigenvalue weighted by Crippen LogP contribution is -2.19. The summed E-state index contributed by atoms with van der Waals surface area (Å²) in [5, 5.41) is 3.43. The first kappa shape index (κ1) is 13.7. The van der Waals surface area contributed by atoms with Crippen molar-refractivity contribution < 1.29 is 0 Å². The Bertz CT molecular complexity index is 775. The molecule has 21 heavy (non-hydrogen) atoms. The van der Waals surface area contributed by atoms with E-state index in [1.54, 1.807) is 12.4 Å². The monoisotopic (exact) mass is 277 g/mol. The highest BCUT2D eigenvalue weighted by Gasteiger charge is 2.18. The van der Waals surface area contributed by atoms with Crippen LogP contribution in [0.3, 0.4) is 0 Å². The Morgan fingerprint density at radius 2 is 1.62 bits per heavy atom. The van der Waals surface area contributed by atoms with Gasteiger partial charge >= 0.3 is 0 Å². The van der Waals surface area contributed by atoms with Crippen LogP contribution in [-0.4, -0.2) is 17.0 Å². The highest BCUT2D eigenvalue weighted by Crippen LogP contribution is 2.29. The average molecular weight is 277 g/mol. The maximum absolute atomic E-state index is 4.53. The molecule has 0 radical (unpaired) electrons. The molecule has 0 aliphatic heterocycles. The molecule has 3 aromatic rings. The van der Waals surface area contributed by atoms with Gasteiger partial charge in [-0.3, -0.25) is 9.97 Å². The van der Waals surface area contributed by atoms with Gasteiger partial charge in [-0.25, -0.2) is 0 Å². The van der Waals surface area contributed by atoms with Crippen molar-refractivity contribution in [3.05, 3.63) is 71.0 Å². The first-order valence-corrected chi connectivity index (χ1v) is 7.15. The molecule has 0 amide bonds. The van der Waals surface area contributed by atoms with Crippen molar-refractivity contribution in [3.63, 3.8) is 0 Å². The molecule has 3 heteroatoms. The summed E-state index contributed by atoms with van der Waals surface area (Å²) in [5.41, 5.74) is 6.96. The number of hydrogen-bond acceptors (Lipinski definition) is 3. The maximum Gasteiger partial charge on any atom is 0.0937 e. The third kappa shape index (κ3) is 2.41. The number of rotatable bonds is 3. The van der Waals surface area contributed by atoms with Gasteiger partial charge in [0.05, 0.1) is 17.1 Å². The van der Waals surface area contributed by atoms with Crippen LogP contribution in [0.1, 0.15) is 28.3 Å². The number of nitrogens with zero attached hydrogens (tertiary/aromatic N) is 2. The van der Waals surface area contributed by atoms with E-state index in [9.17, 15) is 0 Å². The first-order chi connectivity index (χ1) is 10.2. The predicted octanol–water partition coefficient (Wildman–Crippen LogP) is 3.56. The molecule has 1 N–H and O–H groups in total. The fourth-order valence-corrected chi connectivity index (χ4v) is 2.81. The molecule has 2 aromatic carbocycles. The molecule has 0 aliphatic rings. The summed E-state index contributed by atoms with van der Waals surface area (Å²) in [5.74, 6) is 0. The molecule has 0 aliphatic carbocycles. The van der Waals surface area contributed by atoms with Crippen LogP contribution in [0, 0.1) is 13.8 Å². The fraction of sp³-hybridized carbons (Fsp3) is 0.222. The van der Waals surface area contributed by atoms with Gasteiger partial charge in [-0.05, 0) is 43.7 Å². The molecule has 3 nitrogen and oxygen atoms in total. The molecule has 0 bridgehead atoms. The van der Waals surface area contributed by atoms with Crippen molar-refractivity contribution in [1.29, 1.82) is 0 Å². The van der Waals surface area contributed by atoms with Gasteiger partial charge in [-0.2, -0.15) is 0 Å². The third-order valence-corrected chi connectivity index (χ3v) is 4.09. The fourth-order valence-electron chi connectivity index (χ4n) is 2.81. The molecule has 1 aromatic heterocycles. The van der Waals surface area contributed by atoms with Crippen LogP contribution in [-0.2, 0) is 0 Å². The van der Waals surface area contributed by atoms with Gasteiger partial charge in [0.1, 0.15) is 0 Å². The van der Waals surface area contributed by atoms with E-state index in [-0.39, 0.29) is 6.04 Å². The van der Waals surface area contributed by atoms with E-state index in [1.807, 2.05) is 19.2 Å². The highest BCUT2D eigenvalue weighted by molar-refractivity contribution is 5.78. The predicted molar refractivity (Wildman–Crippen MR) is 86.4 cm³/mol. The summed E-state index contributed by atoms with van der Waals surface area (Å²) in [6, 6.07) is 12.7. The second-order valence-corrected chi connectivity index (χ2v) is 5.28. The standard InChI is InChI=1S/C18H19N3/c1-12-6-4-7-14(13(12)2)17(19-3)15-8-5-9-16-18(15)21-11-10-20-16/h4-11,17,19H,1-3H3. The van der Waals surface area contributed by atoms with E-state index in [0.29, 0.717) is 0 Å². The molecule has 0 fully saturated rings. The molecule has 0 spiro atoms. The minimum atomic E-state index is 0.116. The lowest BCUT2D eigenvalue weighted by molar-refractivity contribution is 0.690. The van der Waals surface area contributed by atoms with Crippen molar-refractivity contribution in [2.75, 3.05) is 7.05 Å². The Balaban J connectivity index is 2.21. The SMILES string of the molecule is CNC(c1cccc(C)c1C)c1cccc2nccnc12. The second kappa shape index (κ2) is 5.62. The summed E-state index contributed by atoms with van der Waals surface area (Å²) < 4.78 is 0. The Morgan fingerprint density at radius 1 is 0.905 bits per heavy atom. The summed E-state index contributed by atoms with van der Waals surface area (Å²) in [7, 11) is 1.99. The number of para-hydroxylation sites is 1. The van der Waals surface area contributed by atoms with Gasteiger partial charge in [0.15, 0.2) is 0 Å². The zero-order valence-corrected chi connectivity index (χ0v) is 12.6. The van der Waals surface area contributed by atoms with E-state index in [0.717, 1.165) is 16.6 Å². The van der Waals surface area contributed by atoms with E-state index < -0.39 is 0 Å². The Morgan fingerprint density at radius 3 is 2.43 bits per heavy atom. The lowest BCUT2D eigenvalue weighted by atomic mass is 9.92. The lowest BCUT2D eigenvalue weighted by Gasteiger charge is -2.21. The molecule has 0 saturated carbocycles. The van der Waals surface area contributed by atoms with Gasteiger partial charge in [0.2, 0.25) is 0 Å². The molecule has 3 rings (SSSR count). The minimum Gasteiger partial charge on any atom is -0.309 e. The van der Waals surface area contributed by atoms with Crippen LogP contribution in [0.4, 0.5) is 0 Å². The van der Waals surface area contributed by atoms with Gasteiger partial charge in [0.25, 0.3) is 0 Å². The normalized spacial score (nSPS) is 12.5. The molecule has 0 saturated heterocycles. The maximum atomic E-state index is 4.53. The zero-order valence-electron chi connectivity index (χ0n) is 12.6. The van der Waals surface area contributed by atoms with Gasteiger partial charge in [-0.1, -0.05) is 30.3 Å². The quantitative estimate of drug-likeness (QED) is 0.795. The number of nitrogens with one attached hydrogen (secondary N) is 1.